The van der Waals surface area contributed by atoms with Crippen LogP contribution in [0.15, 0.2) is 85.5 Å². The fourth-order valence-corrected chi connectivity index (χ4v) is 4.19. The van der Waals surface area contributed by atoms with Crippen LogP contribution in [0.5, 0.6) is 0 Å². The van der Waals surface area contributed by atoms with Gasteiger partial charge in [-0.2, -0.15) is 0 Å². The average molecular weight is 446 g/mol. The van der Waals surface area contributed by atoms with Gasteiger partial charge in [-0.1, -0.05) is 30.3 Å². The van der Waals surface area contributed by atoms with Crippen molar-refractivity contribution in [3.63, 3.8) is 0 Å². The molecular weight excluding hydrogens is 428 g/mol. The number of carbonyl (C=O) groups is 2. The zero-order valence-corrected chi connectivity index (χ0v) is 17.8. The minimum Gasteiger partial charge on any atom is -0.361 e. The maximum atomic E-state index is 12.8. The van der Waals surface area contributed by atoms with Gasteiger partial charge in [0, 0.05) is 51.0 Å². The van der Waals surface area contributed by atoms with Gasteiger partial charge in [0.1, 0.15) is 6.33 Å². The maximum absolute atomic E-state index is 12.8. The van der Waals surface area contributed by atoms with Crippen LogP contribution in [-0.4, -0.2) is 36.8 Å². The number of hydrogen-bond donors (Lipinski definition) is 4. The Balaban J connectivity index is 1.30. The van der Waals surface area contributed by atoms with E-state index in [0.717, 1.165) is 38.5 Å². The molecule has 3 aromatic heterocycles. The lowest BCUT2D eigenvalue weighted by molar-refractivity contribution is -0.112. The number of aromatic nitrogens is 5. The van der Waals surface area contributed by atoms with Crippen molar-refractivity contribution >= 4 is 39.2 Å². The molecule has 0 saturated carbocycles. The molecule has 0 atom stereocenters. The van der Waals surface area contributed by atoms with Crippen LogP contribution in [0.4, 0.5) is 5.69 Å². The van der Waals surface area contributed by atoms with Crippen LogP contribution in [0, 0.1) is 0 Å². The second-order valence-corrected chi connectivity index (χ2v) is 7.91. The zero-order chi connectivity index (χ0) is 23.1. The first-order valence-electron chi connectivity index (χ1n) is 10.7. The zero-order valence-electron chi connectivity index (χ0n) is 17.8. The number of carbonyl (C=O) groups excluding carboxylic acids is 2. The van der Waals surface area contributed by atoms with Crippen molar-refractivity contribution in [2.75, 3.05) is 5.32 Å². The molecule has 8 nitrogen and oxygen atoms in total. The SMILES string of the molecule is O=C(Nc1cccc(-c2c[nH]c3ccc(-c4nnc[nH]4)cc23)c1)C(=O)c1c[nH]c2ccccc12. The molecule has 6 rings (SSSR count). The molecule has 0 aliphatic rings. The number of amides is 1. The number of ketones is 1. The van der Waals surface area contributed by atoms with Gasteiger partial charge in [-0.15, -0.1) is 10.2 Å². The number of nitrogens with zero attached hydrogens (tertiary/aromatic N) is 2. The van der Waals surface area contributed by atoms with Crippen LogP contribution in [0.2, 0.25) is 0 Å². The number of benzene rings is 3. The highest BCUT2D eigenvalue weighted by molar-refractivity contribution is 6.48. The van der Waals surface area contributed by atoms with E-state index in [-0.39, 0.29) is 0 Å². The fraction of sp³-hybridized carbons (Fsp3) is 0. The van der Waals surface area contributed by atoms with Crippen molar-refractivity contribution in [2.24, 2.45) is 0 Å². The lowest BCUT2D eigenvalue weighted by atomic mass is 10.0. The molecule has 0 saturated heterocycles. The maximum Gasteiger partial charge on any atom is 0.296 e. The third-order valence-electron chi connectivity index (χ3n) is 5.84. The molecule has 6 aromatic rings. The number of nitrogens with one attached hydrogen (secondary N) is 4. The van der Waals surface area contributed by atoms with Crippen LogP contribution in [0.3, 0.4) is 0 Å². The molecule has 8 heteroatoms. The number of Topliss-reactive ketones (excluding diaryl/α,β-unsaturated/α-hetero) is 1. The van der Waals surface area contributed by atoms with E-state index in [4.69, 9.17) is 0 Å². The summed E-state index contributed by atoms with van der Waals surface area (Å²) in [6.07, 6.45) is 5.04. The van der Waals surface area contributed by atoms with Crippen LogP contribution >= 0.6 is 0 Å². The predicted octanol–water partition coefficient (Wildman–Crippen LogP) is 4.92. The predicted molar refractivity (Wildman–Crippen MR) is 130 cm³/mol. The molecule has 4 N–H and O–H groups in total. The van der Waals surface area contributed by atoms with E-state index < -0.39 is 11.7 Å². The summed E-state index contributed by atoms with van der Waals surface area (Å²) in [6.45, 7) is 0. The summed E-state index contributed by atoms with van der Waals surface area (Å²) in [5, 5.41) is 12.4. The van der Waals surface area contributed by atoms with Crippen molar-refractivity contribution in [3.05, 3.63) is 91.0 Å². The standard InChI is InChI=1S/C26H18N6O2/c33-24(21-13-28-22-7-2-1-6-18(21)22)26(34)31-17-5-3-4-15(10-17)20-12-27-23-9-8-16(11-19(20)23)25-29-14-30-32-25/h1-14,27-28H,(H,31,34)(H,29,30,32). The molecule has 34 heavy (non-hydrogen) atoms. The molecule has 3 aromatic carbocycles. The van der Waals surface area contributed by atoms with Gasteiger partial charge in [0.2, 0.25) is 0 Å². The molecule has 0 bridgehead atoms. The smallest absolute Gasteiger partial charge is 0.296 e. The summed E-state index contributed by atoms with van der Waals surface area (Å²) in [5.41, 5.74) is 5.46. The van der Waals surface area contributed by atoms with Gasteiger partial charge in [-0.05, 0) is 42.0 Å². The molecule has 0 aliphatic heterocycles. The largest absolute Gasteiger partial charge is 0.361 e. The summed E-state index contributed by atoms with van der Waals surface area (Å²) in [6, 6.07) is 20.8. The molecule has 0 spiro atoms. The Morgan fingerprint density at radius 3 is 2.50 bits per heavy atom. The molecule has 3 heterocycles. The number of para-hydroxylation sites is 1. The van der Waals surface area contributed by atoms with Crippen molar-refractivity contribution in [1.29, 1.82) is 0 Å². The monoisotopic (exact) mass is 446 g/mol. The number of H-pyrrole nitrogens is 3. The summed E-state index contributed by atoms with van der Waals surface area (Å²) in [5.74, 6) is -0.592. The molecule has 0 aliphatic carbocycles. The van der Waals surface area contributed by atoms with Gasteiger partial charge < -0.3 is 20.3 Å². The second-order valence-electron chi connectivity index (χ2n) is 7.91. The third-order valence-corrected chi connectivity index (χ3v) is 5.84. The normalized spacial score (nSPS) is 11.2. The molecule has 164 valence electrons. The van der Waals surface area contributed by atoms with Crippen molar-refractivity contribution < 1.29 is 9.59 Å². The Morgan fingerprint density at radius 1 is 0.765 bits per heavy atom. The lowest BCUT2D eigenvalue weighted by Gasteiger charge is -2.07. The minimum absolute atomic E-state index is 0.348. The van der Waals surface area contributed by atoms with E-state index in [9.17, 15) is 9.59 Å². The van der Waals surface area contributed by atoms with Crippen LogP contribution in [0.1, 0.15) is 10.4 Å². The van der Waals surface area contributed by atoms with Crippen molar-refractivity contribution in [3.8, 4) is 22.5 Å². The second kappa shape index (κ2) is 7.86. The first-order valence-corrected chi connectivity index (χ1v) is 10.7. The summed E-state index contributed by atoms with van der Waals surface area (Å²) >= 11 is 0. The Bertz CT molecular complexity index is 1680. The number of fused-ring (bicyclic) bond motifs is 2. The Labute approximate surface area is 193 Å². The number of anilines is 1. The van der Waals surface area contributed by atoms with E-state index in [0.29, 0.717) is 17.1 Å². The van der Waals surface area contributed by atoms with Crippen LogP contribution < -0.4 is 5.32 Å². The van der Waals surface area contributed by atoms with Gasteiger partial charge in [-0.3, -0.25) is 9.59 Å². The Kier molecular flexibility index (Phi) is 4.55. The Morgan fingerprint density at radius 2 is 1.62 bits per heavy atom. The molecular formula is C26H18N6O2. The first kappa shape index (κ1) is 19.7. The molecule has 0 radical (unpaired) electrons. The molecule has 1 amide bonds. The molecule has 0 fully saturated rings. The number of hydrogen-bond acceptors (Lipinski definition) is 4. The van der Waals surface area contributed by atoms with E-state index >= 15 is 0 Å². The number of rotatable bonds is 5. The summed E-state index contributed by atoms with van der Waals surface area (Å²) < 4.78 is 0. The van der Waals surface area contributed by atoms with Crippen molar-refractivity contribution in [2.45, 2.75) is 0 Å². The van der Waals surface area contributed by atoms with E-state index in [1.54, 1.807) is 18.6 Å². The quantitative estimate of drug-likeness (QED) is 0.222. The van der Waals surface area contributed by atoms with Crippen LogP contribution in [0.25, 0.3) is 44.3 Å². The van der Waals surface area contributed by atoms with Gasteiger partial charge in [0.15, 0.2) is 5.82 Å². The Hall–Kier alpha value is -4.98. The molecule has 0 unspecified atom stereocenters. The highest BCUT2D eigenvalue weighted by Gasteiger charge is 2.20. The van der Waals surface area contributed by atoms with Gasteiger partial charge >= 0.3 is 0 Å². The first-order chi connectivity index (χ1) is 16.7. The highest BCUT2D eigenvalue weighted by Crippen LogP contribution is 2.32. The summed E-state index contributed by atoms with van der Waals surface area (Å²) in [4.78, 5) is 34.9. The van der Waals surface area contributed by atoms with E-state index in [1.807, 2.05) is 66.9 Å². The van der Waals surface area contributed by atoms with Gasteiger partial charge in [0.05, 0.1) is 5.56 Å². The highest BCUT2D eigenvalue weighted by atomic mass is 16.2. The fourth-order valence-electron chi connectivity index (χ4n) is 4.19. The number of aromatic amines is 3. The van der Waals surface area contributed by atoms with Crippen molar-refractivity contribution in [1.82, 2.24) is 25.1 Å². The van der Waals surface area contributed by atoms with Gasteiger partial charge in [0.25, 0.3) is 11.7 Å². The minimum atomic E-state index is -0.687. The van der Waals surface area contributed by atoms with E-state index in [1.165, 1.54) is 0 Å². The third kappa shape index (κ3) is 3.34. The lowest BCUT2D eigenvalue weighted by Crippen LogP contribution is -2.22. The topological polar surface area (TPSA) is 119 Å². The van der Waals surface area contributed by atoms with Gasteiger partial charge in [-0.25, -0.2) is 0 Å². The average Bonchev–Trinajstić information content (AvgIpc) is 3.63. The van der Waals surface area contributed by atoms with E-state index in [2.05, 4.69) is 30.5 Å². The van der Waals surface area contributed by atoms with Crippen LogP contribution in [-0.2, 0) is 4.79 Å². The summed E-state index contributed by atoms with van der Waals surface area (Å²) in [7, 11) is 0.